The summed E-state index contributed by atoms with van der Waals surface area (Å²) in [5.41, 5.74) is -0.948. The van der Waals surface area contributed by atoms with Crippen molar-refractivity contribution in [2.75, 3.05) is 0 Å². The Kier molecular flexibility index (Phi) is 7.33. The van der Waals surface area contributed by atoms with Gasteiger partial charge in [-0.25, -0.2) is 4.98 Å². The first kappa shape index (κ1) is 24.2. The molecule has 1 amide bonds. The molecule has 172 valence electrons. The van der Waals surface area contributed by atoms with Crippen LogP contribution in [-0.4, -0.2) is 43.5 Å². The van der Waals surface area contributed by atoms with Gasteiger partial charge in [-0.2, -0.15) is 18.3 Å². The average Bonchev–Trinajstić information content (AvgIpc) is 3.07. The maximum Gasteiger partial charge on any atom is 0.417 e. The number of pyridine rings is 1. The summed E-state index contributed by atoms with van der Waals surface area (Å²) in [5.74, 6) is -1.64. The number of amides is 1. The van der Waals surface area contributed by atoms with E-state index < -0.39 is 33.8 Å². The monoisotopic (exact) mass is 499 g/mol. The Hall–Kier alpha value is -3.46. The van der Waals surface area contributed by atoms with Crippen molar-refractivity contribution >= 4 is 52.5 Å². The third-order valence-electron chi connectivity index (χ3n) is 3.95. The topological polar surface area (TPSA) is 147 Å². The molecule has 1 aromatic carbocycles. The van der Waals surface area contributed by atoms with Crippen LogP contribution in [0.25, 0.3) is 0 Å². The zero-order chi connectivity index (χ0) is 24.2. The van der Waals surface area contributed by atoms with Crippen LogP contribution in [0.15, 0.2) is 56.7 Å². The van der Waals surface area contributed by atoms with Gasteiger partial charge >= 0.3 is 12.1 Å². The van der Waals surface area contributed by atoms with Gasteiger partial charge < -0.3 is 10.4 Å². The third-order valence-corrected chi connectivity index (χ3v) is 6.04. The van der Waals surface area contributed by atoms with Crippen molar-refractivity contribution in [3.8, 4) is 0 Å². The van der Waals surface area contributed by atoms with E-state index in [0.717, 1.165) is 35.7 Å². The van der Waals surface area contributed by atoms with E-state index in [1.807, 2.05) is 0 Å². The summed E-state index contributed by atoms with van der Waals surface area (Å²) in [6, 6.07) is 6.03. The number of nitrogens with zero attached hydrogens (tertiary/aromatic N) is 4. The number of aliphatic carboxylic acids is 1. The number of carboxylic acid groups (broad SMARTS) is 1. The number of nitrogens with one attached hydrogen (secondary N) is 1. The van der Waals surface area contributed by atoms with Crippen LogP contribution in [0.1, 0.15) is 17.5 Å². The summed E-state index contributed by atoms with van der Waals surface area (Å²) in [6.07, 6.45) is -3.07. The first-order valence-corrected chi connectivity index (χ1v) is 10.5. The molecule has 1 saturated heterocycles. The van der Waals surface area contributed by atoms with Crippen LogP contribution in [0.4, 0.5) is 18.9 Å². The van der Waals surface area contributed by atoms with Gasteiger partial charge in [0.15, 0.2) is 5.17 Å². The average molecular weight is 499 g/mol. The standard InChI is InChI=1S/C18H12F3N5O5S2/c19-18(20,21)10-2-4-14(22-8-10)32-12-3-1-9(5-11(12)26(30)31)7-23-25-17-24-16(29)13(33-17)6-15(27)28/h1-5,7-8,13H,6H2,(H,27,28)(H,24,25,29). The summed E-state index contributed by atoms with van der Waals surface area (Å²) >= 11 is 1.73. The predicted molar refractivity (Wildman–Crippen MR) is 113 cm³/mol. The summed E-state index contributed by atoms with van der Waals surface area (Å²) in [7, 11) is 0. The molecule has 1 aromatic heterocycles. The van der Waals surface area contributed by atoms with Gasteiger partial charge in [-0.1, -0.05) is 29.6 Å². The minimum Gasteiger partial charge on any atom is -0.481 e. The first-order chi connectivity index (χ1) is 15.5. The number of carbonyl (C=O) groups is 2. The van der Waals surface area contributed by atoms with Crippen LogP contribution in [0, 0.1) is 10.1 Å². The molecule has 3 rings (SSSR count). The van der Waals surface area contributed by atoms with E-state index in [1.165, 1.54) is 24.4 Å². The number of nitro groups is 1. The van der Waals surface area contributed by atoms with E-state index in [0.29, 0.717) is 11.8 Å². The van der Waals surface area contributed by atoms with Crippen LogP contribution in [-0.2, 0) is 15.8 Å². The summed E-state index contributed by atoms with van der Waals surface area (Å²) in [6.45, 7) is 0. The number of alkyl halides is 3. The highest BCUT2D eigenvalue weighted by Crippen LogP contribution is 2.35. The highest BCUT2D eigenvalue weighted by molar-refractivity contribution is 8.15. The van der Waals surface area contributed by atoms with Crippen molar-refractivity contribution in [2.24, 2.45) is 10.2 Å². The van der Waals surface area contributed by atoms with Crippen molar-refractivity contribution in [1.29, 1.82) is 0 Å². The van der Waals surface area contributed by atoms with Crippen LogP contribution >= 0.6 is 23.5 Å². The van der Waals surface area contributed by atoms with Crippen molar-refractivity contribution in [3.05, 3.63) is 57.8 Å². The largest absolute Gasteiger partial charge is 0.481 e. The second-order valence-electron chi connectivity index (χ2n) is 6.31. The van der Waals surface area contributed by atoms with E-state index in [1.54, 1.807) is 0 Å². The van der Waals surface area contributed by atoms with E-state index in [2.05, 4.69) is 20.5 Å². The molecule has 0 saturated carbocycles. The number of benzene rings is 1. The van der Waals surface area contributed by atoms with Gasteiger partial charge in [0.2, 0.25) is 5.91 Å². The van der Waals surface area contributed by atoms with Crippen molar-refractivity contribution in [1.82, 2.24) is 10.3 Å². The molecule has 2 N–H and O–H groups in total. The van der Waals surface area contributed by atoms with Gasteiger partial charge in [-0.3, -0.25) is 19.7 Å². The number of nitro benzene ring substituents is 1. The van der Waals surface area contributed by atoms with Crippen molar-refractivity contribution in [2.45, 2.75) is 27.8 Å². The van der Waals surface area contributed by atoms with Gasteiger partial charge in [0.1, 0.15) is 10.3 Å². The van der Waals surface area contributed by atoms with Crippen LogP contribution in [0.3, 0.4) is 0 Å². The second kappa shape index (κ2) is 9.99. The van der Waals surface area contributed by atoms with E-state index >= 15 is 0 Å². The highest BCUT2D eigenvalue weighted by atomic mass is 32.2. The van der Waals surface area contributed by atoms with Crippen molar-refractivity contribution < 1.29 is 32.8 Å². The van der Waals surface area contributed by atoms with Gasteiger partial charge in [0.05, 0.1) is 28.0 Å². The quantitative estimate of drug-likeness (QED) is 0.334. The predicted octanol–water partition coefficient (Wildman–Crippen LogP) is 3.56. The fourth-order valence-corrected chi connectivity index (χ4v) is 4.21. The lowest BCUT2D eigenvalue weighted by atomic mass is 10.2. The maximum absolute atomic E-state index is 12.6. The third kappa shape index (κ3) is 6.52. The molecule has 2 heterocycles. The maximum atomic E-state index is 12.6. The number of rotatable bonds is 7. The number of carboxylic acids is 1. The lowest BCUT2D eigenvalue weighted by Gasteiger charge is -2.07. The normalized spacial score (nSPS) is 17.5. The molecule has 2 aromatic rings. The molecule has 1 fully saturated rings. The number of hydrogen-bond acceptors (Lipinski definition) is 9. The zero-order valence-electron chi connectivity index (χ0n) is 16.1. The van der Waals surface area contributed by atoms with Crippen LogP contribution in [0.2, 0.25) is 0 Å². The SMILES string of the molecule is O=C(O)CC1SC(=NN=Cc2ccc(Sc3ccc(C(F)(F)F)cn3)c([N+](=O)[O-])c2)NC1=O. The van der Waals surface area contributed by atoms with Gasteiger partial charge in [-0.05, 0) is 18.2 Å². The van der Waals surface area contributed by atoms with Crippen LogP contribution < -0.4 is 5.32 Å². The molecule has 10 nitrogen and oxygen atoms in total. The molecule has 15 heteroatoms. The first-order valence-electron chi connectivity index (χ1n) is 8.83. The number of hydrogen-bond donors (Lipinski definition) is 2. The lowest BCUT2D eigenvalue weighted by molar-refractivity contribution is -0.387. The van der Waals surface area contributed by atoms with Gasteiger partial charge in [-0.15, -0.1) is 5.10 Å². The molecule has 0 spiro atoms. The number of halogens is 3. The van der Waals surface area contributed by atoms with Gasteiger partial charge in [0, 0.05) is 17.8 Å². The number of carbonyl (C=O) groups excluding carboxylic acids is 1. The van der Waals surface area contributed by atoms with E-state index in [4.69, 9.17) is 5.11 Å². The smallest absolute Gasteiger partial charge is 0.417 e. The number of amidine groups is 1. The Balaban J connectivity index is 1.73. The molecule has 33 heavy (non-hydrogen) atoms. The Bertz CT molecular complexity index is 1160. The van der Waals surface area contributed by atoms with Crippen molar-refractivity contribution in [3.63, 3.8) is 0 Å². The van der Waals surface area contributed by atoms with E-state index in [-0.39, 0.29) is 27.2 Å². The molecule has 1 aliphatic rings. The lowest BCUT2D eigenvalue weighted by Crippen LogP contribution is -2.26. The highest BCUT2D eigenvalue weighted by Gasteiger charge is 2.32. The molecule has 0 aliphatic carbocycles. The Morgan fingerprint density at radius 1 is 1.36 bits per heavy atom. The molecule has 1 unspecified atom stereocenters. The molecular weight excluding hydrogens is 487 g/mol. The second-order valence-corrected chi connectivity index (χ2v) is 8.57. The minimum atomic E-state index is -4.54. The fourth-order valence-electron chi connectivity index (χ4n) is 2.46. The molecule has 1 aliphatic heterocycles. The van der Waals surface area contributed by atoms with Gasteiger partial charge in [0.25, 0.3) is 5.69 Å². The summed E-state index contributed by atoms with van der Waals surface area (Å²) in [4.78, 5) is 37.0. The molecule has 1 atom stereocenters. The Morgan fingerprint density at radius 3 is 2.73 bits per heavy atom. The molecule has 0 radical (unpaired) electrons. The number of aromatic nitrogens is 1. The Morgan fingerprint density at radius 2 is 2.12 bits per heavy atom. The number of thioether (sulfide) groups is 1. The minimum absolute atomic E-state index is 0.0950. The van der Waals surface area contributed by atoms with E-state index in [9.17, 15) is 32.9 Å². The summed E-state index contributed by atoms with van der Waals surface area (Å²) < 4.78 is 37.9. The molecular formula is C18H12F3N5O5S2. The Labute approximate surface area is 191 Å². The van der Waals surface area contributed by atoms with Crippen LogP contribution in [0.5, 0.6) is 0 Å². The molecule has 0 bridgehead atoms. The fraction of sp³-hybridized carbons (Fsp3) is 0.167. The zero-order valence-corrected chi connectivity index (χ0v) is 17.8. The summed E-state index contributed by atoms with van der Waals surface area (Å²) in [5, 5.41) is 29.5.